The molecule has 126 valence electrons. The molecule has 2 rings (SSSR count). The van der Waals surface area contributed by atoms with Crippen LogP contribution in [-0.4, -0.2) is 33.0 Å². The quantitative estimate of drug-likeness (QED) is 0.867. The highest BCUT2D eigenvalue weighted by atomic mass is 32.2. The number of carbonyl (C=O) groups is 2. The van der Waals surface area contributed by atoms with Gasteiger partial charge in [0.1, 0.15) is 0 Å². The lowest BCUT2D eigenvalue weighted by molar-refractivity contribution is 0.0954. The van der Waals surface area contributed by atoms with Gasteiger partial charge in [0.2, 0.25) is 0 Å². The van der Waals surface area contributed by atoms with Gasteiger partial charge in [-0.1, -0.05) is 12.1 Å². The van der Waals surface area contributed by atoms with E-state index >= 15 is 0 Å². The van der Waals surface area contributed by atoms with Crippen molar-refractivity contribution in [2.45, 2.75) is 11.8 Å². The first-order valence-corrected chi connectivity index (χ1v) is 9.20. The van der Waals surface area contributed by atoms with Crippen molar-refractivity contribution in [1.82, 2.24) is 5.32 Å². The molecule has 2 aromatic rings. The van der Waals surface area contributed by atoms with Crippen LogP contribution in [0.3, 0.4) is 0 Å². The first-order valence-electron chi connectivity index (χ1n) is 7.31. The molecule has 0 saturated heterocycles. The monoisotopic (exact) mass is 346 g/mol. The summed E-state index contributed by atoms with van der Waals surface area (Å²) in [5.41, 5.74) is 1.11. The fourth-order valence-electron chi connectivity index (χ4n) is 2.07. The van der Waals surface area contributed by atoms with Crippen LogP contribution in [0.15, 0.2) is 53.4 Å². The van der Waals surface area contributed by atoms with Crippen molar-refractivity contribution >= 4 is 27.3 Å². The zero-order chi connectivity index (χ0) is 17.7. The smallest absolute Gasteiger partial charge is 0.255 e. The SMILES string of the molecule is CCNC(=O)c1cccc(NC(=O)c2cccc(S(C)(=O)=O)c2)c1. The number of nitrogens with one attached hydrogen (secondary N) is 2. The normalized spacial score (nSPS) is 10.9. The Kier molecular flexibility index (Phi) is 5.35. The Bertz CT molecular complexity index is 876. The van der Waals surface area contributed by atoms with Gasteiger partial charge in [-0.25, -0.2) is 8.42 Å². The van der Waals surface area contributed by atoms with E-state index in [-0.39, 0.29) is 16.4 Å². The highest BCUT2D eigenvalue weighted by Crippen LogP contribution is 2.15. The number of hydrogen-bond acceptors (Lipinski definition) is 4. The maximum absolute atomic E-state index is 12.3. The minimum absolute atomic E-state index is 0.0752. The number of amides is 2. The summed E-state index contributed by atoms with van der Waals surface area (Å²) in [7, 11) is -3.39. The molecule has 0 fully saturated rings. The summed E-state index contributed by atoms with van der Waals surface area (Å²) in [4.78, 5) is 24.2. The Labute approximate surface area is 140 Å². The van der Waals surface area contributed by atoms with Gasteiger partial charge in [-0.2, -0.15) is 0 Å². The summed E-state index contributed by atoms with van der Waals surface area (Å²) in [5.74, 6) is -0.679. The molecule has 0 spiro atoms. The zero-order valence-corrected chi connectivity index (χ0v) is 14.2. The first-order chi connectivity index (χ1) is 11.3. The van der Waals surface area contributed by atoms with E-state index in [1.807, 2.05) is 6.92 Å². The van der Waals surface area contributed by atoms with E-state index in [1.165, 1.54) is 24.3 Å². The van der Waals surface area contributed by atoms with Gasteiger partial charge in [0.15, 0.2) is 9.84 Å². The van der Waals surface area contributed by atoms with Crippen LogP contribution in [0.25, 0.3) is 0 Å². The minimum atomic E-state index is -3.39. The van der Waals surface area contributed by atoms with Crippen molar-refractivity contribution < 1.29 is 18.0 Å². The fourth-order valence-corrected chi connectivity index (χ4v) is 2.74. The van der Waals surface area contributed by atoms with E-state index in [1.54, 1.807) is 24.3 Å². The van der Waals surface area contributed by atoms with E-state index in [0.717, 1.165) is 6.26 Å². The lowest BCUT2D eigenvalue weighted by atomic mass is 10.1. The molecule has 0 aromatic heterocycles. The fraction of sp³-hybridized carbons (Fsp3) is 0.176. The molecule has 0 unspecified atom stereocenters. The number of hydrogen-bond donors (Lipinski definition) is 2. The van der Waals surface area contributed by atoms with Crippen molar-refractivity contribution in [2.24, 2.45) is 0 Å². The Morgan fingerprint density at radius 3 is 2.21 bits per heavy atom. The Hall–Kier alpha value is -2.67. The second-order valence-corrected chi connectivity index (χ2v) is 7.21. The summed E-state index contributed by atoms with van der Waals surface area (Å²) in [6, 6.07) is 12.3. The summed E-state index contributed by atoms with van der Waals surface area (Å²) in [5, 5.41) is 5.34. The molecule has 0 heterocycles. The first kappa shape index (κ1) is 17.7. The van der Waals surface area contributed by atoms with Gasteiger partial charge in [-0.3, -0.25) is 9.59 Å². The maximum atomic E-state index is 12.3. The third kappa shape index (κ3) is 4.42. The van der Waals surface area contributed by atoms with E-state index in [0.29, 0.717) is 17.8 Å². The predicted octanol–water partition coefficient (Wildman–Crippen LogP) is 2.09. The molecule has 24 heavy (non-hydrogen) atoms. The third-order valence-corrected chi connectivity index (χ3v) is 4.35. The lowest BCUT2D eigenvalue weighted by Gasteiger charge is -2.08. The molecule has 0 atom stereocenters. The molecule has 2 N–H and O–H groups in total. The van der Waals surface area contributed by atoms with Gasteiger partial charge in [-0.05, 0) is 43.3 Å². The maximum Gasteiger partial charge on any atom is 0.255 e. The number of anilines is 1. The standard InChI is InChI=1S/C17H18N2O4S/c1-3-18-16(20)12-6-4-8-14(10-12)19-17(21)13-7-5-9-15(11-13)24(2,22)23/h4-11H,3H2,1-2H3,(H,18,20)(H,19,21). The van der Waals surface area contributed by atoms with Crippen LogP contribution >= 0.6 is 0 Å². The highest BCUT2D eigenvalue weighted by molar-refractivity contribution is 7.90. The number of sulfone groups is 1. The molecule has 6 nitrogen and oxygen atoms in total. The summed E-state index contributed by atoms with van der Waals surface area (Å²) in [6.07, 6.45) is 1.08. The summed E-state index contributed by atoms with van der Waals surface area (Å²) < 4.78 is 23.1. The molecule has 0 aliphatic heterocycles. The molecule has 0 saturated carbocycles. The van der Waals surface area contributed by atoms with E-state index in [4.69, 9.17) is 0 Å². The van der Waals surface area contributed by atoms with Crippen LogP contribution in [0.4, 0.5) is 5.69 Å². The molecule has 7 heteroatoms. The van der Waals surface area contributed by atoms with Crippen LogP contribution in [0.1, 0.15) is 27.6 Å². The van der Waals surface area contributed by atoms with Crippen LogP contribution in [0.5, 0.6) is 0 Å². The van der Waals surface area contributed by atoms with Gasteiger partial charge in [0, 0.05) is 29.6 Å². The van der Waals surface area contributed by atoms with Gasteiger partial charge >= 0.3 is 0 Å². The predicted molar refractivity (Wildman–Crippen MR) is 92.0 cm³/mol. The topological polar surface area (TPSA) is 92.3 Å². The minimum Gasteiger partial charge on any atom is -0.352 e. The highest BCUT2D eigenvalue weighted by Gasteiger charge is 2.12. The van der Waals surface area contributed by atoms with Crippen LogP contribution in [-0.2, 0) is 9.84 Å². The summed E-state index contributed by atoms with van der Waals surface area (Å²) in [6.45, 7) is 2.33. The van der Waals surface area contributed by atoms with Crippen molar-refractivity contribution in [2.75, 3.05) is 18.1 Å². The van der Waals surface area contributed by atoms with Gasteiger partial charge in [0.05, 0.1) is 4.90 Å². The number of benzene rings is 2. The van der Waals surface area contributed by atoms with Crippen LogP contribution in [0, 0.1) is 0 Å². The van der Waals surface area contributed by atoms with Crippen molar-refractivity contribution in [1.29, 1.82) is 0 Å². The average Bonchev–Trinajstić information content (AvgIpc) is 2.54. The molecular weight excluding hydrogens is 328 g/mol. The Balaban J connectivity index is 2.21. The lowest BCUT2D eigenvalue weighted by Crippen LogP contribution is -2.22. The second-order valence-electron chi connectivity index (χ2n) is 5.19. The Morgan fingerprint density at radius 2 is 1.58 bits per heavy atom. The van der Waals surface area contributed by atoms with Crippen molar-refractivity contribution in [3.63, 3.8) is 0 Å². The van der Waals surface area contributed by atoms with Crippen molar-refractivity contribution in [3.8, 4) is 0 Å². The van der Waals surface area contributed by atoms with E-state index in [9.17, 15) is 18.0 Å². The van der Waals surface area contributed by atoms with Crippen LogP contribution in [0.2, 0.25) is 0 Å². The number of carbonyl (C=O) groups excluding carboxylic acids is 2. The number of rotatable bonds is 5. The molecule has 0 radical (unpaired) electrons. The largest absolute Gasteiger partial charge is 0.352 e. The molecule has 0 aliphatic carbocycles. The zero-order valence-electron chi connectivity index (χ0n) is 13.4. The molecule has 2 amide bonds. The van der Waals surface area contributed by atoms with Gasteiger partial charge in [-0.15, -0.1) is 0 Å². The van der Waals surface area contributed by atoms with E-state index in [2.05, 4.69) is 10.6 Å². The van der Waals surface area contributed by atoms with Gasteiger partial charge in [0.25, 0.3) is 11.8 Å². The van der Waals surface area contributed by atoms with Crippen LogP contribution < -0.4 is 10.6 Å². The average molecular weight is 346 g/mol. The van der Waals surface area contributed by atoms with Crippen molar-refractivity contribution in [3.05, 3.63) is 59.7 Å². The third-order valence-electron chi connectivity index (χ3n) is 3.24. The Morgan fingerprint density at radius 1 is 0.958 bits per heavy atom. The summed E-state index contributed by atoms with van der Waals surface area (Å²) >= 11 is 0. The van der Waals surface area contributed by atoms with Gasteiger partial charge < -0.3 is 10.6 Å². The second kappa shape index (κ2) is 7.27. The molecule has 2 aromatic carbocycles. The molecular formula is C17H18N2O4S. The van der Waals surface area contributed by atoms with E-state index < -0.39 is 15.7 Å². The molecule has 0 aliphatic rings. The molecule has 0 bridgehead atoms.